The second-order valence-electron chi connectivity index (χ2n) is 8.51. The first-order chi connectivity index (χ1) is 15.2. The second-order valence-corrected chi connectivity index (χ2v) is 8.51. The van der Waals surface area contributed by atoms with Gasteiger partial charge in [-0.3, -0.25) is 14.7 Å². The molecule has 31 heavy (non-hydrogen) atoms. The van der Waals surface area contributed by atoms with Crippen molar-refractivity contribution in [1.29, 1.82) is 0 Å². The van der Waals surface area contributed by atoms with Gasteiger partial charge in [-0.2, -0.15) is 0 Å². The third-order valence-electron chi connectivity index (χ3n) is 6.16. The average Bonchev–Trinajstić information content (AvgIpc) is 3.28. The van der Waals surface area contributed by atoms with Crippen molar-refractivity contribution in [3.8, 4) is 0 Å². The van der Waals surface area contributed by atoms with Gasteiger partial charge in [-0.25, -0.2) is 0 Å². The highest BCUT2D eigenvalue weighted by Crippen LogP contribution is 2.16. The highest BCUT2D eigenvalue weighted by atomic mass is 16.5. The Morgan fingerprint density at radius 2 is 1.94 bits per heavy atom. The predicted octanol–water partition coefficient (Wildman–Crippen LogP) is 2.23. The number of carbonyl (C=O) groups is 1. The molecule has 1 atom stereocenters. The van der Waals surface area contributed by atoms with Gasteiger partial charge < -0.3 is 20.3 Å². The molecule has 0 bridgehead atoms. The number of amides is 1. The maximum atomic E-state index is 11.8. The lowest BCUT2D eigenvalue weighted by atomic mass is 10.1. The first-order valence-corrected chi connectivity index (χ1v) is 11.8. The Hall–Kier alpha value is -2.12. The largest absolute Gasteiger partial charge is 0.378 e. The van der Waals surface area contributed by atoms with E-state index in [1.54, 1.807) is 7.05 Å². The smallest absolute Gasteiger partial charge is 0.222 e. The third-order valence-corrected chi connectivity index (χ3v) is 6.16. The van der Waals surface area contributed by atoms with Crippen molar-refractivity contribution in [3.05, 3.63) is 35.9 Å². The average molecular weight is 430 g/mol. The van der Waals surface area contributed by atoms with Crippen molar-refractivity contribution in [1.82, 2.24) is 20.4 Å². The molecule has 2 saturated heterocycles. The van der Waals surface area contributed by atoms with E-state index in [-0.39, 0.29) is 11.9 Å². The number of carbonyl (C=O) groups excluding carboxylic acids is 1. The predicted molar refractivity (Wildman–Crippen MR) is 125 cm³/mol. The van der Waals surface area contributed by atoms with Crippen molar-refractivity contribution in [2.75, 3.05) is 46.4 Å². The minimum absolute atomic E-state index is 0.232. The Balaban J connectivity index is 1.24. The fourth-order valence-electron chi connectivity index (χ4n) is 4.32. The zero-order valence-corrected chi connectivity index (χ0v) is 19.2. The number of piperidine rings is 1. The molecular formula is C24H39N5O2. The summed E-state index contributed by atoms with van der Waals surface area (Å²) < 4.78 is 6.11. The first-order valence-electron chi connectivity index (χ1n) is 11.8. The molecule has 1 amide bonds. The molecule has 1 unspecified atom stereocenters. The van der Waals surface area contributed by atoms with E-state index in [0.717, 1.165) is 77.5 Å². The number of nitrogens with zero attached hydrogens (tertiary/aromatic N) is 3. The monoisotopic (exact) mass is 429 g/mol. The summed E-state index contributed by atoms with van der Waals surface area (Å²) in [5, 5.41) is 6.81. The fraction of sp³-hybridized carbons (Fsp3) is 0.667. The van der Waals surface area contributed by atoms with Gasteiger partial charge in [-0.1, -0.05) is 37.3 Å². The van der Waals surface area contributed by atoms with Crippen LogP contribution in [0.25, 0.3) is 0 Å². The Morgan fingerprint density at radius 3 is 2.65 bits per heavy atom. The number of likely N-dealkylation sites (tertiary alicyclic amines) is 2. The van der Waals surface area contributed by atoms with E-state index in [2.05, 4.69) is 50.9 Å². The number of benzene rings is 1. The van der Waals surface area contributed by atoms with E-state index in [9.17, 15) is 4.79 Å². The van der Waals surface area contributed by atoms with Crippen LogP contribution in [0.4, 0.5) is 0 Å². The maximum absolute atomic E-state index is 11.8. The maximum Gasteiger partial charge on any atom is 0.222 e. The van der Waals surface area contributed by atoms with E-state index in [1.165, 1.54) is 5.56 Å². The summed E-state index contributed by atoms with van der Waals surface area (Å²) in [5.41, 5.74) is 1.39. The molecule has 2 aliphatic heterocycles. The number of aliphatic imine (C=N–C) groups is 1. The molecule has 7 nitrogen and oxygen atoms in total. The van der Waals surface area contributed by atoms with Crippen LogP contribution in [-0.2, 0) is 16.1 Å². The molecule has 2 aliphatic rings. The van der Waals surface area contributed by atoms with E-state index >= 15 is 0 Å². The minimum Gasteiger partial charge on any atom is -0.378 e. The van der Waals surface area contributed by atoms with Crippen molar-refractivity contribution in [2.24, 2.45) is 4.99 Å². The third kappa shape index (κ3) is 7.82. The number of nitrogens with one attached hydrogen (secondary N) is 2. The Morgan fingerprint density at radius 1 is 1.16 bits per heavy atom. The SMILES string of the molecule is CCC(=O)N1CCC(NC(=NC)NCCCOC2CCN(Cc3ccccc3)CC2)C1. The van der Waals surface area contributed by atoms with Crippen LogP contribution in [0.3, 0.4) is 0 Å². The van der Waals surface area contributed by atoms with Crippen molar-refractivity contribution < 1.29 is 9.53 Å². The first kappa shape index (κ1) is 23.5. The Labute approximate surface area is 187 Å². The molecule has 172 valence electrons. The normalized spacial score (nSPS) is 20.8. The lowest BCUT2D eigenvalue weighted by Gasteiger charge is -2.32. The van der Waals surface area contributed by atoms with Crippen molar-refractivity contribution in [3.63, 3.8) is 0 Å². The zero-order chi connectivity index (χ0) is 21.9. The minimum atomic E-state index is 0.232. The number of rotatable bonds is 9. The van der Waals surface area contributed by atoms with Gasteiger partial charge in [0, 0.05) is 65.4 Å². The Bertz CT molecular complexity index is 688. The number of hydrogen-bond acceptors (Lipinski definition) is 4. The molecule has 7 heteroatoms. The standard InChI is InChI=1S/C24H39N5O2/c1-3-23(30)29-16-10-21(19-29)27-24(25-2)26-13-7-17-31-22-11-14-28(15-12-22)18-20-8-5-4-6-9-20/h4-6,8-9,21-22H,3,7,10-19H2,1-2H3,(H2,25,26,27). The molecular weight excluding hydrogens is 390 g/mol. The van der Waals surface area contributed by atoms with Gasteiger partial charge in [0.05, 0.1) is 6.10 Å². The van der Waals surface area contributed by atoms with Gasteiger partial charge in [0.15, 0.2) is 5.96 Å². The summed E-state index contributed by atoms with van der Waals surface area (Å²) in [5.74, 6) is 1.04. The molecule has 0 aliphatic carbocycles. The summed E-state index contributed by atoms with van der Waals surface area (Å²) in [6, 6.07) is 11.0. The highest BCUT2D eigenvalue weighted by molar-refractivity contribution is 5.80. The molecule has 1 aromatic carbocycles. The number of hydrogen-bond donors (Lipinski definition) is 2. The second kappa shape index (κ2) is 12.7. The van der Waals surface area contributed by atoms with Gasteiger partial charge in [0.1, 0.15) is 0 Å². The molecule has 2 fully saturated rings. The molecule has 1 aromatic rings. The molecule has 2 heterocycles. The van der Waals surface area contributed by atoms with Crippen molar-refractivity contribution in [2.45, 2.75) is 57.7 Å². The van der Waals surface area contributed by atoms with Gasteiger partial charge >= 0.3 is 0 Å². The van der Waals surface area contributed by atoms with Crippen LogP contribution in [0.5, 0.6) is 0 Å². The van der Waals surface area contributed by atoms with Gasteiger partial charge in [-0.15, -0.1) is 0 Å². The van der Waals surface area contributed by atoms with Crippen LogP contribution < -0.4 is 10.6 Å². The van der Waals surface area contributed by atoms with Crippen LogP contribution in [0.1, 0.15) is 44.6 Å². The molecule has 0 saturated carbocycles. The summed E-state index contributed by atoms with van der Waals surface area (Å²) in [7, 11) is 1.79. The van der Waals surface area contributed by atoms with Gasteiger partial charge in [-0.05, 0) is 31.2 Å². The molecule has 0 aromatic heterocycles. The lowest BCUT2D eigenvalue weighted by Crippen LogP contribution is -2.45. The van der Waals surface area contributed by atoms with Gasteiger partial charge in [0.25, 0.3) is 0 Å². The summed E-state index contributed by atoms with van der Waals surface area (Å²) in [6.45, 7) is 8.36. The van der Waals surface area contributed by atoms with Crippen LogP contribution in [0.15, 0.2) is 35.3 Å². The Kier molecular flexibility index (Phi) is 9.62. The van der Waals surface area contributed by atoms with Crippen LogP contribution >= 0.6 is 0 Å². The van der Waals surface area contributed by atoms with Gasteiger partial charge in [0.2, 0.25) is 5.91 Å². The highest BCUT2D eigenvalue weighted by Gasteiger charge is 2.25. The molecule has 2 N–H and O–H groups in total. The summed E-state index contributed by atoms with van der Waals surface area (Å²) in [4.78, 5) is 20.6. The topological polar surface area (TPSA) is 69.2 Å². The zero-order valence-electron chi connectivity index (χ0n) is 19.2. The van der Waals surface area contributed by atoms with Crippen LogP contribution in [0, 0.1) is 0 Å². The lowest BCUT2D eigenvalue weighted by molar-refractivity contribution is -0.129. The number of guanidine groups is 1. The molecule has 0 spiro atoms. The van der Waals surface area contributed by atoms with E-state index in [4.69, 9.17) is 4.74 Å². The van der Waals surface area contributed by atoms with Crippen molar-refractivity contribution >= 4 is 11.9 Å². The quantitative estimate of drug-likeness (QED) is 0.358. The van der Waals surface area contributed by atoms with Crippen LogP contribution in [-0.4, -0.2) is 80.2 Å². The molecule has 0 radical (unpaired) electrons. The van der Waals surface area contributed by atoms with Crippen LogP contribution in [0.2, 0.25) is 0 Å². The number of ether oxygens (including phenoxy) is 1. The van der Waals surface area contributed by atoms with E-state index in [1.807, 2.05) is 11.8 Å². The summed E-state index contributed by atoms with van der Waals surface area (Å²) in [6.07, 6.45) is 5.10. The molecule has 3 rings (SSSR count). The van der Waals surface area contributed by atoms with E-state index < -0.39 is 0 Å². The van der Waals surface area contributed by atoms with E-state index in [0.29, 0.717) is 12.5 Å². The fourth-order valence-corrected chi connectivity index (χ4v) is 4.32. The summed E-state index contributed by atoms with van der Waals surface area (Å²) >= 11 is 0.